The average Bonchev–Trinajstić information content (AvgIpc) is 3.76. The van der Waals surface area contributed by atoms with Gasteiger partial charge in [-0.25, -0.2) is 15.0 Å². The fourth-order valence-corrected chi connectivity index (χ4v) is 10.3. The van der Waals surface area contributed by atoms with Gasteiger partial charge in [0.2, 0.25) is 0 Å². The van der Waals surface area contributed by atoms with Crippen molar-refractivity contribution in [1.29, 1.82) is 0 Å². The highest BCUT2D eigenvalue weighted by Crippen LogP contribution is 2.51. The second-order valence-electron chi connectivity index (χ2n) is 15.5. The molecule has 12 aromatic rings. The summed E-state index contributed by atoms with van der Waals surface area (Å²) >= 11 is 1.87. The number of benzene rings is 9. The van der Waals surface area contributed by atoms with E-state index >= 15 is 0 Å². The fraction of sp³-hybridized carbons (Fsp3) is 0. The van der Waals surface area contributed by atoms with Gasteiger partial charge in [0.05, 0.1) is 22.6 Å². The zero-order valence-electron chi connectivity index (χ0n) is 33.0. The van der Waals surface area contributed by atoms with E-state index in [9.17, 15) is 0 Å². The number of aromatic nitrogens is 3. The van der Waals surface area contributed by atoms with E-state index in [4.69, 9.17) is 15.0 Å². The van der Waals surface area contributed by atoms with Crippen LogP contribution in [0.5, 0.6) is 0 Å². The second-order valence-corrected chi connectivity index (χ2v) is 16.5. The van der Waals surface area contributed by atoms with Gasteiger partial charge in [-0.3, -0.25) is 0 Å². The highest BCUT2D eigenvalue weighted by atomic mass is 32.1. The van der Waals surface area contributed by atoms with Gasteiger partial charge in [-0.2, -0.15) is 0 Å². The van der Waals surface area contributed by atoms with Gasteiger partial charge in [-0.15, -0.1) is 11.3 Å². The quantitative estimate of drug-likeness (QED) is 0.157. The summed E-state index contributed by atoms with van der Waals surface area (Å²) in [5.74, 6) is 0.703. The lowest BCUT2D eigenvalue weighted by Crippen LogP contribution is -1.96. The molecule has 284 valence electrons. The molecular weight excluding hydrogens is 759 g/mol. The number of fused-ring (bicyclic) bond motifs is 9. The Bertz CT molecular complexity index is 3520. The predicted molar refractivity (Wildman–Crippen MR) is 258 cm³/mol. The Morgan fingerprint density at radius 2 is 0.770 bits per heavy atom. The van der Waals surface area contributed by atoms with Crippen molar-refractivity contribution in [1.82, 2.24) is 15.0 Å². The third-order valence-corrected chi connectivity index (χ3v) is 13.1. The standard InChI is InChI=1S/C57H35N3S/c1-4-16-36(17-5-1)50-35-51(60-57(59-50)40-20-8-3-9-21-40)37-28-30-38(31-29-37)52-53-54(39-18-6-2-7-19-39)58-49-27-15-14-26-47(49)56(53)61-55(52)41-32-33-46-44-24-11-10-22-42(44)43-23-12-13-25-45(43)48(46)34-41/h1-35H. The number of rotatable bonds is 6. The molecule has 12 rings (SSSR count). The summed E-state index contributed by atoms with van der Waals surface area (Å²) in [6, 6.07) is 75.5. The lowest BCUT2D eigenvalue weighted by Gasteiger charge is -2.14. The molecule has 0 amide bonds. The van der Waals surface area contributed by atoms with Gasteiger partial charge in [-0.1, -0.05) is 194 Å². The van der Waals surface area contributed by atoms with Gasteiger partial charge < -0.3 is 0 Å². The van der Waals surface area contributed by atoms with Gasteiger partial charge in [0.15, 0.2) is 5.82 Å². The van der Waals surface area contributed by atoms with Crippen LogP contribution < -0.4 is 0 Å². The van der Waals surface area contributed by atoms with E-state index in [0.29, 0.717) is 5.82 Å². The maximum Gasteiger partial charge on any atom is 0.160 e. The number of para-hydroxylation sites is 1. The van der Waals surface area contributed by atoms with E-state index in [1.165, 1.54) is 58.4 Å². The monoisotopic (exact) mass is 793 g/mol. The van der Waals surface area contributed by atoms with Gasteiger partial charge in [0.25, 0.3) is 0 Å². The van der Waals surface area contributed by atoms with Crippen molar-refractivity contribution < 1.29 is 0 Å². The first-order chi connectivity index (χ1) is 30.2. The van der Waals surface area contributed by atoms with E-state index in [-0.39, 0.29) is 0 Å². The SMILES string of the molecule is c1ccc(-c2cc(-c3ccc(-c4c(-c5ccc6c7ccccc7c7ccccc7c6c5)sc5c4c(-c4ccccc4)nc4ccccc45)cc3)nc(-c3ccccc3)n2)cc1. The van der Waals surface area contributed by atoms with E-state index in [2.05, 4.69) is 188 Å². The predicted octanol–water partition coefficient (Wildman–Crippen LogP) is 15.7. The van der Waals surface area contributed by atoms with Crippen LogP contribution in [0.1, 0.15) is 0 Å². The maximum absolute atomic E-state index is 5.42. The van der Waals surface area contributed by atoms with Crippen LogP contribution in [0.15, 0.2) is 212 Å². The molecule has 3 aromatic heterocycles. The summed E-state index contributed by atoms with van der Waals surface area (Å²) in [5.41, 5.74) is 11.4. The minimum atomic E-state index is 0.703. The molecule has 0 spiro atoms. The highest BCUT2D eigenvalue weighted by molar-refractivity contribution is 7.24. The van der Waals surface area contributed by atoms with Crippen LogP contribution in [0.2, 0.25) is 0 Å². The van der Waals surface area contributed by atoms with Crippen molar-refractivity contribution in [2.24, 2.45) is 0 Å². The molecule has 0 N–H and O–H groups in total. The summed E-state index contributed by atoms with van der Waals surface area (Å²) < 4.78 is 1.23. The zero-order valence-corrected chi connectivity index (χ0v) is 33.8. The van der Waals surface area contributed by atoms with Crippen LogP contribution in [0, 0.1) is 0 Å². The Morgan fingerprint density at radius 3 is 1.39 bits per heavy atom. The Kier molecular flexibility index (Phi) is 8.36. The summed E-state index contributed by atoms with van der Waals surface area (Å²) in [4.78, 5) is 16.8. The molecule has 0 aliphatic rings. The molecule has 0 bridgehead atoms. The van der Waals surface area contributed by atoms with Crippen LogP contribution in [0.4, 0.5) is 0 Å². The Morgan fingerprint density at radius 1 is 0.311 bits per heavy atom. The Hall–Kier alpha value is -7.79. The Balaban J connectivity index is 1.11. The summed E-state index contributed by atoms with van der Waals surface area (Å²) in [5, 5.41) is 9.92. The van der Waals surface area contributed by atoms with Gasteiger partial charge >= 0.3 is 0 Å². The van der Waals surface area contributed by atoms with Crippen molar-refractivity contribution in [3.8, 4) is 66.7 Å². The van der Waals surface area contributed by atoms with Gasteiger partial charge in [-0.05, 0) is 61.6 Å². The molecule has 0 radical (unpaired) electrons. The molecule has 4 heteroatoms. The first-order valence-electron chi connectivity index (χ1n) is 20.6. The van der Waals surface area contributed by atoms with Crippen molar-refractivity contribution in [3.63, 3.8) is 0 Å². The van der Waals surface area contributed by atoms with Crippen molar-refractivity contribution in [2.45, 2.75) is 0 Å². The second kappa shape index (κ2) is 14.5. The lowest BCUT2D eigenvalue weighted by molar-refractivity contribution is 1.18. The number of thiophene rings is 1. The van der Waals surface area contributed by atoms with E-state index in [1.54, 1.807) is 0 Å². The minimum Gasteiger partial charge on any atom is -0.247 e. The highest BCUT2D eigenvalue weighted by Gasteiger charge is 2.23. The van der Waals surface area contributed by atoms with Gasteiger partial charge in [0.1, 0.15) is 0 Å². The molecule has 0 atom stereocenters. The maximum atomic E-state index is 5.42. The van der Waals surface area contributed by atoms with Crippen molar-refractivity contribution in [3.05, 3.63) is 212 Å². The molecule has 0 unspecified atom stereocenters. The Labute approximate surface area is 356 Å². The minimum absolute atomic E-state index is 0.703. The van der Waals surface area contributed by atoms with Crippen LogP contribution in [-0.2, 0) is 0 Å². The van der Waals surface area contributed by atoms with Crippen LogP contribution in [0.3, 0.4) is 0 Å². The van der Waals surface area contributed by atoms with Crippen LogP contribution in [-0.4, -0.2) is 15.0 Å². The normalized spacial score (nSPS) is 11.6. The smallest absolute Gasteiger partial charge is 0.160 e. The third kappa shape index (κ3) is 5.99. The molecular formula is C57H35N3S. The molecule has 0 saturated heterocycles. The molecule has 9 aromatic carbocycles. The van der Waals surface area contributed by atoms with Crippen molar-refractivity contribution in [2.75, 3.05) is 0 Å². The third-order valence-electron chi connectivity index (χ3n) is 11.9. The molecule has 0 fully saturated rings. The summed E-state index contributed by atoms with van der Waals surface area (Å²) in [7, 11) is 0. The fourth-order valence-electron chi connectivity index (χ4n) is 8.99. The van der Waals surface area contributed by atoms with E-state index in [1.807, 2.05) is 35.6 Å². The van der Waals surface area contributed by atoms with E-state index < -0.39 is 0 Å². The number of hydrogen-bond donors (Lipinski definition) is 0. The summed E-state index contributed by atoms with van der Waals surface area (Å²) in [6.07, 6.45) is 0. The number of hydrogen-bond acceptors (Lipinski definition) is 4. The zero-order chi connectivity index (χ0) is 40.3. The van der Waals surface area contributed by atoms with Gasteiger partial charge in [0, 0.05) is 48.2 Å². The average molecular weight is 794 g/mol. The molecule has 0 aliphatic carbocycles. The van der Waals surface area contributed by atoms with Crippen LogP contribution >= 0.6 is 11.3 Å². The van der Waals surface area contributed by atoms with E-state index in [0.717, 1.165) is 55.8 Å². The first kappa shape index (κ1) is 35.2. The molecule has 61 heavy (non-hydrogen) atoms. The summed E-state index contributed by atoms with van der Waals surface area (Å²) in [6.45, 7) is 0. The topological polar surface area (TPSA) is 38.7 Å². The molecule has 3 nitrogen and oxygen atoms in total. The molecule has 0 aliphatic heterocycles. The number of pyridine rings is 1. The first-order valence-corrected chi connectivity index (χ1v) is 21.4. The van der Waals surface area contributed by atoms with Crippen molar-refractivity contribution >= 4 is 64.6 Å². The number of nitrogens with zero attached hydrogens (tertiary/aromatic N) is 3. The largest absolute Gasteiger partial charge is 0.247 e. The van der Waals surface area contributed by atoms with Crippen LogP contribution in [0.25, 0.3) is 120 Å². The molecule has 0 saturated carbocycles. The lowest BCUT2D eigenvalue weighted by atomic mass is 9.91. The molecule has 3 heterocycles.